The number of carbonyl (C=O) groups is 3. The largest absolute Gasteiger partial charge is 0.481 e. The fourth-order valence-electron chi connectivity index (χ4n) is 13.5. The highest BCUT2D eigenvalue weighted by Crippen LogP contribution is 2.77. The van der Waals surface area contributed by atoms with Gasteiger partial charge in [0.15, 0.2) is 5.78 Å². The maximum absolute atomic E-state index is 14.1. The van der Waals surface area contributed by atoms with Crippen LogP contribution in [0.5, 0.6) is 0 Å². The number of para-hydroxylation sites is 2. The minimum absolute atomic E-state index is 0.0230. The van der Waals surface area contributed by atoms with Crippen LogP contribution in [0.2, 0.25) is 0 Å². The van der Waals surface area contributed by atoms with Crippen molar-refractivity contribution in [3.05, 3.63) is 41.2 Å². The number of nitrogens with one attached hydrogen (secondary N) is 2. The molecule has 296 valence electrons. The molecule has 9 heteroatoms. The van der Waals surface area contributed by atoms with E-state index in [-0.39, 0.29) is 51.8 Å². The molecule has 9 atom stereocenters. The number of aromatic amines is 1. The summed E-state index contributed by atoms with van der Waals surface area (Å²) in [6.07, 6.45) is 7.09. The van der Waals surface area contributed by atoms with E-state index in [2.05, 4.69) is 58.8 Å². The Balaban J connectivity index is 1.13. The van der Waals surface area contributed by atoms with Gasteiger partial charge in [-0.25, -0.2) is 4.98 Å². The van der Waals surface area contributed by atoms with E-state index in [0.717, 1.165) is 73.8 Å². The smallest absolute Gasteiger partial charge is 0.309 e. The van der Waals surface area contributed by atoms with Gasteiger partial charge in [-0.3, -0.25) is 14.4 Å². The van der Waals surface area contributed by atoms with Gasteiger partial charge in [0.1, 0.15) is 11.9 Å². The zero-order valence-corrected chi connectivity index (χ0v) is 34.2. The van der Waals surface area contributed by atoms with Crippen LogP contribution in [-0.2, 0) is 25.7 Å². The average Bonchev–Trinajstić information content (AvgIpc) is 3.64. The molecule has 9 nitrogen and oxygen atoms in total. The third-order valence-corrected chi connectivity index (χ3v) is 16.6. The van der Waals surface area contributed by atoms with E-state index in [1.54, 1.807) is 13.8 Å². The first-order valence-electron chi connectivity index (χ1n) is 20.7. The van der Waals surface area contributed by atoms with E-state index in [1.807, 2.05) is 24.3 Å². The first-order valence-corrected chi connectivity index (χ1v) is 20.7. The fraction of sp³-hybridized carbons (Fsp3) is 0.733. The molecule has 0 bridgehead atoms. The van der Waals surface area contributed by atoms with Crippen LogP contribution in [0.25, 0.3) is 11.0 Å². The Kier molecular flexibility index (Phi) is 9.64. The molecule has 2 aromatic rings. The molecule has 1 heterocycles. The number of hydrogen-bond acceptors (Lipinski definition) is 7. The number of carbonyl (C=O) groups excluding carboxylic acids is 2. The van der Waals surface area contributed by atoms with Crippen molar-refractivity contribution in [1.29, 1.82) is 0 Å². The molecule has 5 aliphatic rings. The van der Waals surface area contributed by atoms with Crippen molar-refractivity contribution >= 4 is 28.8 Å². The van der Waals surface area contributed by atoms with E-state index in [9.17, 15) is 24.6 Å². The number of imidazole rings is 1. The van der Waals surface area contributed by atoms with E-state index >= 15 is 0 Å². The molecule has 4 saturated carbocycles. The maximum Gasteiger partial charge on any atom is 0.309 e. The van der Waals surface area contributed by atoms with Crippen molar-refractivity contribution < 1.29 is 29.3 Å². The summed E-state index contributed by atoms with van der Waals surface area (Å²) >= 11 is 0. The summed E-state index contributed by atoms with van der Waals surface area (Å²) in [7, 11) is 0. The van der Waals surface area contributed by atoms with Crippen LogP contribution >= 0.6 is 0 Å². The molecule has 9 unspecified atom stereocenters. The summed E-state index contributed by atoms with van der Waals surface area (Å²) in [5, 5.41) is 25.3. The number of benzene rings is 1. The molecule has 1 aromatic heterocycles. The Bertz CT molecular complexity index is 1830. The number of aliphatic hydroxyl groups excluding tert-OH is 1. The second-order valence-corrected chi connectivity index (χ2v) is 20.4. The number of aliphatic hydroxyl groups is 1. The molecule has 4 N–H and O–H groups in total. The second-order valence-electron chi connectivity index (χ2n) is 20.4. The molecule has 7 rings (SSSR count). The molecule has 0 spiro atoms. The van der Waals surface area contributed by atoms with Crippen molar-refractivity contribution in [2.24, 2.45) is 56.2 Å². The summed E-state index contributed by atoms with van der Waals surface area (Å²) in [5.74, 6) is 0.842. The molecule has 0 saturated heterocycles. The Hall–Kier alpha value is -3.04. The second kappa shape index (κ2) is 13.3. The summed E-state index contributed by atoms with van der Waals surface area (Å²) in [6, 6.07) is 7.99. The number of hydrogen-bond donors (Lipinski definition) is 4. The van der Waals surface area contributed by atoms with E-state index < -0.39 is 28.9 Å². The van der Waals surface area contributed by atoms with Gasteiger partial charge in [-0.05, 0) is 123 Å². The number of allylic oxidation sites excluding steroid dienone is 1. The standard InChI is InChI=1S/C45H65N3O6/c1-26(2)37-30(49)22-45(33(50)24-46-25-35-47-28-12-10-11-13-29(28)48-35)21-20-43(8)27(38(37)45)14-15-32-42(7)18-17-34(54-36(51)23-40(3,4)39(52)53)41(5,6)31(42)16-19-44(32,43)9/h10-13,26-27,31-34,46,50H,14-25H2,1-9H3,(H,47,48)(H,52,53). The quantitative estimate of drug-likeness (QED) is 0.178. The number of ketones is 1. The van der Waals surface area contributed by atoms with E-state index in [4.69, 9.17) is 9.72 Å². The number of rotatable bonds is 10. The van der Waals surface area contributed by atoms with Crippen molar-refractivity contribution in [2.45, 2.75) is 145 Å². The van der Waals surface area contributed by atoms with Gasteiger partial charge in [-0.2, -0.15) is 0 Å². The molecule has 1 aromatic carbocycles. The number of H-pyrrole nitrogens is 1. The van der Waals surface area contributed by atoms with Gasteiger partial charge in [-0.15, -0.1) is 0 Å². The van der Waals surface area contributed by atoms with Crippen molar-refractivity contribution in [3.8, 4) is 0 Å². The normalized spacial score (nSPS) is 36.7. The van der Waals surface area contributed by atoms with Gasteiger partial charge in [-0.1, -0.05) is 66.2 Å². The molecule has 0 amide bonds. The fourth-order valence-corrected chi connectivity index (χ4v) is 13.5. The number of aliphatic carboxylic acids is 1. The maximum atomic E-state index is 14.1. The summed E-state index contributed by atoms with van der Waals surface area (Å²) in [6.45, 7) is 20.5. The average molecular weight is 744 g/mol. The van der Waals surface area contributed by atoms with Crippen LogP contribution in [0, 0.1) is 56.2 Å². The van der Waals surface area contributed by atoms with E-state index in [0.29, 0.717) is 31.3 Å². The minimum Gasteiger partial charge on any atom is -0.481 e. The Morgan fingerprint density at radius 1 is 0.981 bits per heavy atom. The number of fused-ring (bicyclic) bond motifs is 8. The number of esters is 1. The number of ether oxygens (including phenoxy) is 1. The monoisotopic (exact) mass is 743 g/mol. The lowest BCUT2D eigenvalue weighted by molar-refractivity contribution is -0.235. The van der Waals surface area contributed by atoms with Crippen molar-refractivity contribution in [3.63, 3.8) is 0 Å². The van der Waals surface area contributed by atoms with Crippen LogP contribution in [-0.4, -0.2) is 56.7 Å². The lowest BCUT2D eigenvalue weighted by Crippen LogP contribution is -2.66. The molecule has 4 fully saturated rings. The van der Waals surface area contributed by atoms with Crippen LogP contribution in [0.3, 0.4) is 0 Å². The van der Waals surface area contributed by atoms with Crippen LogP contribution in [0.1, 0.15) is 132 Å². The Morgan fingerprint density at radius 2 is 1.70 bits per heavy atom. The Labute approximate surface area is 321 Å². The predicted octanol–water partition coefficient (Wildman–Crippen LogP) is 8.41. The first-order chi connectivity index (χ1) is 25.2. The van der Waals surface area contributed by atoms with Crippen LogP contribution < -0.4 is 5.32 Å². The molecule has 0 aliphatic heterocycles. The molecular formula is C45H65N3O6. The van der Waals surface area contributed by atoms with Crippen molar-refractivity contribution in [2.75, 3.05) is 6.54 Å². The topological polar surface area (TPSA) is 142 Å². The lowest BCUT2D eigenvalue weighted by atomic mass is 9.33. The number of carboxylic acid groups (broad SMARTS) is 1. The van der Waals surface area contributed by atoms with Gasteiger partial charge in [0.25, 0.3) is 0 Å². The van der Waals surface area contributed by atoms with Gasteiger partial charge in [0.2, 0.25) is 0 Å². The zero-order valence-electron chi connectivity index (χ0n) is 34.2. The minimum atomic E-state index is -1.17. The van der Waals surface area contributed by atoms with Gasteiger partial charge < -0.3 is 25.3 Å². The number of nitrogens with zero attached hydrogens (tertiary/aromatic N) is 1. The summed E-state index contributed by atoms with van der Waals surface area (Å²) < 4.78 is 6.17. The highest BCUT2D eigenvalue weighted by atomic mass is 16.5. The predicted molar refractivity (Wildman–Crippen MR) is 209 cm³/mol. The number of Topliss-reactive ketones (excluding diaryl/α,β-unsaturated/α-hetero) is 1. The SMILES string of the molecule is CC(C)C1=C2C3CCC4C5(C)CCC(OC(=O)CC(C)(C)C(=O)O)C(C)(C)C5CCC4(C)C3(C)CCC2(C(O)CNCc2nc3ccccc3[nH]2)CC1=O. The molecule has 5 aliphatic carbocycles. The van der Waals surface area contributed by atoms with Gasteiger partial charge >= 0.3 is 11.9 Å². The molecule has 54 heavy (non-hydrogen) atoms. The lowest BCUT2D eigenvalue weighted by Gasteiger charge is -2.72. The van der Waals surface area contributed by atoms with Crippen molar-refractivity contribution in [1.82, 2.24) is 15.3 Å². The first kappa shape index (κ1) is 39.2. The van der Waals surface area contributed by atoms with Gasteiger partial charge in [0, 0.05) is 23.8 Å². The third kappa shape index (κ3) is 5.83. The third-order valence-electron chi connectivity index (χ3n) is 16.6. The van der Waals surface area contributed by atoms with E-state index in [1.165, 1.54) is 5.57 Å². The van der Waals surface area contributed by atoms with Crippen LogP contribution in [0.4, 0.5) is 0 Å². The van der Waals surface area contributed by atoms with Crippen LogP contribution in [0.15, 0.2) is 35.4 Å². The highest BCUT2D eigenvalue weighted by molar-refractivity contribution is 6.00. The summed E-state index contributed by atoms with van der Waals surface area (Å²) in [4.78, 5) is 47.1. The highest BCUT2D eigenvalue weighted by Gasteiger charge is 2.70. The summed E-state index contributed by atoms with van der Waals surface area (Å²) in [5.41, 5.74) is 2.30. The zero-order chi connectivity index (χ0) is 39.2. The molecular weight excluding hydrogens is 679 g/mol. The number of aromatic nitrogens is 2. The Morgan fingerprint density at radius 3 is 2.39 bits per heavy atom. The molecule has 0 radical (unpaired) electrons. The van der Waals surface area contributed by atoms with Gasteiger partial charge in [0.05, 0.1) is 35.5 Å². The number of carboxylic acids is 1.